The van der Waals surface area contributed by atoms with Crippen molar-refractivity contribution in [1.29, 1.82) is 0 Å². The molecule has 1 amide bonds. The van der Waals surface area contributed by atoms with Crippen LogP contribution in [-0.2, 0) is 4.79 Å². The van der Waals surface area contributed by atoms with Gasteiger partial charge in [-0.2, -0.15) is 0 Å². The van der Waals surface area contributed by atoms with Gasteiger partial charge in [0.15, 0.2) is 5.16 Å². The van der Waals surface area contributed by atoms with Gasteiger partial charge in [0.2, 0.25) is 5.91 Å². The number of nitrogens with one attached hydrogen (secondary N) is 1. The first kappa shape index (κ1) is 21.1. The minimum absolute atomic E-state index is 0.0169. The van der Waals surface area contributed by atoms with Gasteiger partial charge in [-0.3, -0.25) is 14.2 Å². The molecule has 3 rings (SSSR count). The molecule has 1 heterocycles. The molecule has 0 aliphatic carbocycles. The summed E-state index contributed by atoms with van der Waals surface area (Å²) in [5.41, 5.74) is 1.81. The standard InChI is InChI=1S/C23H27N3O2S/c1-4-17(3)26-22(28)19-12-8-9-13-20(19)25-23(26)29-15-21(27)24-14-16(2)18-10-6-5-7-11-18/h5-13,16-17H,4,14-15H2,1-3H3,(H,24,27)/t16-,17-/m0/s1. The highest BCUT2D eigenvalue weighted by Crippen LogP contribution is 2.22. The molecule has 1 aromatic heterocycles. The molecule has 0 spiro atoms. The first-order valence-corrected chi connectivity index (χ1v) is 11.0. The van der Waals surface area contributed by atoms with E-state index in [2.05, 4.69) is 29.4 Å². The van der Waals surface area contributed by atoms with Gasteiger partial charge in [0.1, 0.15) is 0 Å². The fraction of sp³-hybridized carbons (Fsp3) is 0.348. The molecule has 2 aromatic carbocycles. The third-order valence-electron chi connectivity index (χ3n) is 5.11. The van der Waals surface area contributed by atoms with E-state index in [0.717, 1.165) is 6.42 Å². The molecule has 0 unspecified atom stereocenters. The molecule has 2 atom stereocenters. The van der Waals surface area contributed by atoms with Crippen molar-refractivity contribution in [3.8, 4) is 0 Å². The zero-order chi connectivity index (χ0) is 20.8. The van der Waals surface area contributed by atoms with E-state index in [1.165, 1.54) is 17.3 Å². The highest BCUT2D eigenvalue weighted by Gasteiger charge is 2.17. The number of carbonyl (C=O) groups is 1. The number of fused-ring (bicyclic) bond motifs is 1. The Morgan fingerprint density at radius 3 is 2.52 bits per heavy atom. The lowest BCUT2D eigenvalue weighted by atomic mass is 10.0. The second-order valence-electron chi connectivity index (χ2n) is 7.25. The van der Waals surface area contributed by atoms with Gasteiger partial charge in [0.05, 0.1) is 16.7 Å². The van der Waals surface area contributed by atoms with Gasteiger partial charge in [-0.25, -0.2) is 4.98 Å². The van der Waals surface area contributed by atoms with Gasteiger partial charge in [-0.1, -0.05) is 68.1 Å². The number of carbonyl (C=O) groups excluding carboxylic acids is 1. The van der Waals surface area contributed by atoms with Crippen molar-refractivity contribution < 1.29 is 4.79 Å². The second kappa shape index (κ2) is 9.74. The number of thioether (sulfide) groups is 1. The molecule has 0 saturated carbocycles. The molecular formula is C23H27N3O2S. The molecule has 6 heteroatoms. The van der Waals surface area contributed by atoms with Crippen LogP contribution in [0.25, 0.3) is 10.9 Å². The van der Waals surface area contributed by atoms with Crippen molar-refractivity contribution in [2.45, 2.75) is 44.3 Å². The molecule has 0 aliphatic rings. The van der Waals surface area contributed by atoms with E-state index in [1.54, 1.807) is 10.6 Å². The summed E-state index contributed by atoms with van der Waals surface area (Å²) in [4.78, 5) is 30.0. The number of nitrogens with zero attached hydrogens (tertiary/aromatic N) is 2. The molecule has 29 heavy (non-hydrogen) atoms. The highest BCUT2D eigenvalue weighted by molar-refractivity contribution is 7.99. The quantitative estimate of drug-likeness (QED) is 0.443. The molecule has 0 fully saturated rings. The van der Waals surface area contributed by atoms with Crippen molar-refractivity contribution in [3.05, 3.63) is 70.5 Å². The van der Waals surface area contributed by atoms with Crippen LogP contribution in [0.2, 0.25) is 0 Å². The first-order chi connectivity index (χ1) is 14.0. The Morgan fingerprint density at radius 2 is 1.79 bits per heavy atom. The van der Waals surface area contributed by atoms with Crippen LogP contribution in [-0.4, -0.2) is 27.8 Å². The summed E-state index contributed by atoms with van der Waals surface area (Å²) < 4.78 is 1.72. The zero-order valence-corrected chi connectivity index (χ0v) is 17.9. The molecule has 0 saturated heterocycles. The van der Waals surface area contributed by atoms with Crippen LogP contribution in [0.4, 0.5) is 0 Å². The second-order valence-corrected chi connectivity index (χ2v) is 8.19. The molecule has 1 N–H and O–H groups in total. The monoisotopic (exact) mass is 409 g/mol. The lowest BCUT2D eigenvalue weighted by Crippen LogP contribution is -2.30. The SMILES string of the molecule is CC[C@H](C)n1c(SCC(=O)NC[C@H](C)c2ccccc2)nc2ccccc2c1=O. The average Bonchev–Trinajstić information content (AvgIpc) is 2.76. The average molecular weight is 410 g/mol. The highest BCUT2D eigenvalue weighted by atomic mass is 32.2. The summed E-state index contributed by atoms with van der Waals surface area (Å²) in [6.45, 7) is 6.71. The fourth-order valence-corrected chi connectivity index (χ4v) is 4.07. The van der Waals surface area contributed by atoms with E-state index in [-0.39, 0.29) is 29.2 Å². The van der Waals surface area contributed by atoms with Crippen molar-refractivity contribution in [1.82, 2.24) is 14.9 Å². The summed E-state index contributed by atoms with van der Waals surface area (Å²) in [6.07, 6.45) is 0.814. The minimum Gasteiger partial charge on any atom is -0.355 e. The number of benzene rings is 2. The predicted molar refractivity (Wildman–Crippen MR) is 120 cm³/mol. The van der Waals surface area contributed by atoms with Crippen LogP contribution in [0.1, 0.15) is 44.7 Å². The molecule has 3 aromatic rings. The van der Waals surface area contributed by atoms with E-state index < -0.39 is 0 Å². The largest absolute Gasteiger partial charge is 0.355 e. The summed E-state index contributed by atoms with van der Waals surface area (Å²) in [6, 6.07) is 17.5. The predicted octanol–water partition coefficient (Wildman–Crippen LogP) is 4.38. The first-order valence-electron chi connectivity index (χ1n) is 9.97. The van der Waals surface area contributed by atoms with E-state index in [1.807, 2.05) is 50.2 Å². The van der Waals surface area contributed by atoms with Gasteiger partial charge < -0.3 is 5.32 Å². The summed E-state index contributed by atoms with van der Waals surface area (Å²) >= 11 is 1.32. The maximum Gasteiger partial charge on any atom is 0.262 e. The number of amides is 1. The van der Waals surface area contributed by atoms with E-state index in [0.29, 0.717) is 22.6 Å². The Kier molecular flexibility index (Phi) is 7.09. The minimum atomic E-state index is -0.0594. The summed E-state index contributed by atoms with van der Waals surface area (Å²) in [7, 11) is 0. The van der Waals surface area contributed by atoms with E-state index in [9.17, 15) is 9.59 Å². The van der Waals surface area contributed by atoms with Gasteiger partial charge in [0.25, 0.3) is 5.56 Å². The lowest BCUT2D eigenvalue weighted by Gasteiger charge is -2.18. The summed E-state index contributed by atoms with van der Waals surface area (Å²) in [5, 5.41) is 4.19. The number of rotatable bonds is 8. The Morgan fingerprint density at radius 1 is 1.10 bits per heavy atom. The van der Waals surface area contributed by atoms with Gasteiger partial charge in [-0.05, 0) is 37.0 Å². The van der Waals surface area contributed by atoms with Gasteiger partial charge in [0, 0.05) is 12.6 Å². The topological polar surface area (TPSA) is 64.0 Å². The van der Waals surface area contributed by atoms with E-state index in [4.69, 9.17) is 0 Å². The molecular weight excluding hydrogens is 382 g/mol. The van der Waals surface area contributed by atoms with Crippen LogP contribution in [0.3, 0.4) is 0 Å². The van der Waals surface area contributed by atoms with Gasteiger partial charge in [-0.15, -0.1) is 0 Å². The third kappa shape index (κ3) is 5.07. The van der Waals surface area contributed by atoms with Crippen LogP contribution in [0.5, 0.6) is 0 Å². The molecule has 5 nitrogen and oxygen atoms in total. The number of hydrogen-bond donors (Lipinski definition) is 1. The van der Waals surface area contributed by atoms with Crippen molar-refractivity contribution in [3.63, 3.8) is 0 Å². The maximum atomic E-state index is 13.0. The number of para-hydroxylation sites is 1. The van der Waals surface area contributed by atoms with Crippen LogP contribution in [0, 0.1) is 0 Å². The van der Waals surface area contributed by atoms with Crippen LogP contribution >= 0.6 is 11.8 Å². The maximum absolute atomic E-state index is 13.0. The smallest absolute Gasteiger partial charge is 0.262 e. The van der Waals surface area contributed by atoms with Crippen molar-refractivity contribution in [2.24, 2.45) is 0 Å². The molecule has 152 valence electrons. The molecule has 0 aliphatic heterocycles. The number of aromatic nitrogens is 2. The molecule has 0 bridgehead atoms. The summed E-state index contributed by atoms with van der Waals surface area (Å²) in [5.74, 6) is 0.404. The Labute approximate surface area is 175 Å². The van der Waals surface area contributed by atoms with Gasteiger partial charge >= 0.3 is 0 Å². The Hall–Kier alpha value is -2.60. The lowest BCUT2D eigenvalue weighted by molar-refractivity contribution is -0.118. The number of hydrogen-bond acceptors (Lipinski definition) is 4. The van der Waals surface area contributed by atoms with Crippen LogP contribution < -0.4 is 10.9 Å². The van der Waals surface area contributed by atoms with Crippen LogP contribution in [0.15, 0.2) is 64.5 Å². The molecule has 0 radical (unpaired) electrons. The fourth-order valence-electron chi connectivity index (χ4n) is 3.15. The van der Waals surface area contributed by atoms with Crippen molar-refractivity contribution in [2.75, 3.05) is 12.3 Å². The Balaban J connectivity index is 1.71. The van der Waals surface area contributed by atoms with E-state index >= 15 is 0 Å². The normalized spacial score (nSPS) is 13.2. The Bertz CT molecular complexity index is 1030. The third-order valence-corrected chi connectivity index (χ3v) is 6.07. The zero-order valence-electron chi connectivity index (χ0n) is 17.1. The van der Waals surface area contributed by atoms with Crippen molar-refractivity contribution >= 4 is 28.6 Å².